The van der Waals surface area contributed by atoms with Gasteiger partial charge >= 0.3 is 0 Å². The van der Waals surface area contributed by atoms with Gasteiger partial charge in [-0.3, -0.25) is 9.69 Å². The smallest absolute Gasteiger partial charge is 0.221 e. The number of nitrogens with one attached hydrogen (secondary N) is 2. The van der Waals surface area contributed by atoms with E-state index in [2.05, 4.69) is 39.5 Å². The van der Waals surface area contributed by atoms with Crippen LogP contribution in [0.3, 0.4) is 0 Å². The van der Waals surface area contributed by atoms with Gasteiger partial charge in [-0.05, 0) is 42.8 Å². The summed E-state index contributed by atoms with van der Waals surface area (Å²) >= 11 is 0. The van der Waals surface area contributed by atoms with Crippen LogP contribution in [0, 0.1) is 0 Å². The van der Waals surface area contributed by atoms with Crippen molar-refractivity contribution >= 4 is 22.6 Å². The largest absolute Gasteiger partial charge is 0.342 e. The summed E-state index contributed by atoms with van der Waals surface area (Å²) in [6, 6.07) is 16.3. The van der Waals surface area contributed by atoms with E-state index in [1.807, 2.05) is 24.3 Å². The molecule has 2 aromatic carbocycles. The number of H-pyrrole nitrogens is 1. The average Bonchev–Trinajstić information content (AvgIpc) is 3.22. The third-order valence-corrected chi connectivity index (χ3v) is 4.75. The third kappa shape index (κ3) is 3.56. The Hall–Kier alpha value is -2.66. The molecule has 1 aliphatic heterocycles. The van der Waals surface area contributed by atoms with Crippen molar-refractivity contribution in [3.8, 4) is 0 Å². The molecule has 1 aliphatic rings. The number of aromatic nitrogens is 2. The molecule has 0 bridgehead atoms. The molecule has 4 rings (SSSR count). The van der Waals surface area contributed by atoms with E-state index in [4.69, 9.17) is 4.98 Å². The van der Waals surface area contributed by atoms with Crippen LogP contribution in [-0.4, -0.2) is 33.9 Å². The van der Waals surface area contributed by atoms with Gasteiger partial charge in [-0.2, -0.15) is 0 Å². The van der Waals surface area contributed by atoms with E-state index in [1.54, 1.807) is 0 Å². The molecule has 0 aliphatic carbocycles. The van der Waals surface area contributed by atoms with E-state index in [-0.39, 0.29) is 5.91 Å². The molecular weight excluding hydrogens is 312 g/mol. The highest BCUT2D eigenvalue weighted by Crippen LogP contribution is 2.28. The summed E-state index contributed by atoms with van der Waals surface area (Å²) in [5, 5.41) is 2.80. The molecule has 3 aromatic rings. The number of fused-ring (bicyclic) bond motifs is 1. The number of benzene rings is 2. The van der Waals surface area contributed by atoms with Crippen molar-refractivity contribution in [2.75, 3.05) is 18.4 Å². The van der Waals surface area contributed by atoms with Crippen LogP contribution in [-0.2, 0) is 11.3 Å². The summed E-state index contributed by atoms with van der Waals surface area (Å²) in [5.74, 6) is 1.52. The number of hydrogen-bond donors (Lipinski definition) is 2. The molecule has 5 heteroatoms. The van der Waals surface area contributed by atoms with E-state index in [9.17, 15) is 4.79 Å². The zero-order valence-corrected chi connectivity index (χ0v) is 14.3. The number of imidazole rings is 1. The van der Waals surface area contributed by atoms with Crippen molar-refractivity contribution in [2.45, 2.75) is 25.8 Å². The van der Waals surface area contributed by atoms with Crippen molar-refractivity contribution in [2.24, 2.45) is 0 Å². The van der Waals surface area contributed by atoms with Crippen molar-refractivity contribution in [1.29, 1.82) is 0 Å². The maximum absolute atomic E-state index is 11.1. The van der Waals surface area contributed by atoms with Crippen LogP contribution < -0.4 is 5.32 Å². The Labute approximate surface area is 147 Å². The molecule has 1 fully saturated rings. The summed E-state index contributed by atoms with van der Waals surface area (Å²) in [6.45, 7) is 4.55. The van der Waals surface area contributed by atoms with Gasteiger partial charge in [0.05, 0.1) is 11.0 Å². The average molecular weight is 334 g/mol. The molecule has 5 nitrogen and oxygen atoms in total. The van der Waals surface area contributed by atoms with E-state index in [1.165, 1.54) is 12.5 Å². The number of anilines is 1. The highest BCUT2D eigenvalue weighted by atomic mass is 16.1. The normalized spacial score (nSPS) is 17.9. The SMILES string of the molecule is CC(=O)Nc1ccc(CN2CCC(c3nc4ccccc4[nH]3)C2)cc1. The molecule has 128 valence electrons. The first-order chi connectivity index (χ1) is 12.2. The topological polar surface area (TPSA) is 61.0 Å². The molecule has 1 saturated heterocycles. The predicted molar refractivity (Wildman–Crippen MR) is 99.5 cm³/mol. The summed E-state index contributed by atoms with van der Waals surface area (Å²) in [6.07, 6.45) is 1.13. The van der Waals surface area contributed by atoms with E-state index in [0.29, 0.717) is 5.92 Å². The third-order valence-electron chi connectivity index (χ3n) is 4.75. The van der Waals surface area contributed by atoms with Crippen LogP contribution >= 0.6 is 0 Å². The lowest BCUT2D eigenvalue weighted by Gasteiger charge is -2.16. The molecule has 25 heavy (non-hydrogen) atoms. The number of carbonyl (C=O) groups is 1. The van der Waals surface area contributed by atoms with Gasteiger partial charge < -0.3 is 10.3 Å². The minimum atomic E-state index is -0.0408. The second-order valence-corrected chi connectivity index (χ2v) is 6.74. The highest BCUT2D eigenvalue weighted by molar-refractivity contribution is 5.88. The van der Waals surface area contributed by atoms with Crippen molar-refractivity contribution in [3.05, 3.63) is 59.9 Å². The molecule has 1 atom stereocenters. The Morgan fingerprint density at radius 3 is 2.80 bits per heavy atom. The predicted octanol–water partition coefficient (Wildman–Crippen LogP) is 3.51. The minimum absolute atomic E-state index is 0.0408. The number of rotatable bonds is 4. The van der Waals surface area contributed by atoms with E-state index < -0.39 is 0 Å². The van der Waals surface area contributed by atoms with Gasteiger partial charge in [0.1, 0.15) is 5.82 Å². The standard InChI is InChI=1S/C20H22N4O/c1-14(25)21-17-8-6-15(7-9-17)12-24-11-10-16(13-24)20-22-18-4-2-3-5-19(18)23-20/h2-9,16H,10-13H2,1H3,(H,21,25)(H,22,23). The Balaban J connectivity index is 1.39. The summed E-state index contributed by atoms with van der Waals surface area (Å²) in [5.41, 5.74) is 4.27. The van der Waals surface area contributed by atoms with Crippen LogP contribution in [0.5, 0.6) is 0 Å². The number of amides is 1. The van der Waals surface area contributed by atoms with Crippen LogP contribution in [0.15, 0.2) is 48.5 Å². The number of aromatic amines is 1. The maximum Gasteiger partial charge on any atom is 0.221 e. The summed E-state index contributed by atoms with van der Waals surface area (Å²) in [7, 11) is 0. The fourth-order valence-electron chi connectivity index (χ4n) is 3.52. The van der Waals surface area contributed by atoms with Gasteiger partial charge in [-0.25, -0.2) is 4.98 Å². The van der Waals surface area contributed by atoms with Gasteiger partial charge in [-0.15, -0.1) is 0 Å². The second kappa shape index (κ2) is 6.69. The van der Waals surface area contributed by atoms with Crippen LogP contribution in [0.4, 0.5) is 5.69 Å². The minimum Gasteiger partial charge on any atom is -0.342 e. The highest BCUT2D eigenvalue weighted by Gasteiger charge is 2.26. The van der Waals surface area contributed by atoms with Crippen LogP contribution in [0.2, 0.25) is 0 Å². The molecule has 0 radical (unpaired) electrons. The fourth-order valence-corrected chi connectivity index (χ4v) is 3.52. The zero-order valence-electron chi connectivity index (χ0n) is 14.3. The molecule has 0 spiro atoms. The second-order valence-electron chi connectivity index (χ2n) is 6.74. The quantitative estimate of drug-likeness (QED) is 0.767. The van der Waals surface area contributed by atoms with Crippen LogP contribution in [0.1, 0.15) is 30.7 Å². The van der Waals surface area contributed by atoms with Gasteiger partial charge in [0, 0.05) is 31.6 Å². The lowest BCUT2D eigenvalue weighted by molar-refractivity contribution is -0.114. The van der Waals surface area contributed by atoms with Gasteiger partial charge in [0.2, 0.25) is 5.91 Å². The lowest BCUT2D eigenvalue weighted by atomic mass is 10.1. The Bertz CT molecular complexity index is 851. The Morgan fingerprint density at radius 1 is 1.24 bits per heavy atom. The molecule has 1 amide bonds. The molecular formula is C20H22N4O. The number of carbonyl (C=O) groups excluding carboxylic acids is 1. The Morgan fingerprint density at radius 2 is 2.04 bits per heavy atom. The van der Waals surface area contributed by atoms with Crippen molar-refractivity contribution in [3.63, 3.8) is 0 Å². The van der Waals surface area contributed by atoms with Gasteiger partial charge in [-0.1, -0.05) is 24.3 Å². The van der Waals surface area contributed by atoms with Gasteiger partial charge in [0.25, 0.3) is 0 Å². The first-order valence-corrected chi connectivity index (χ1v) is 8.71. The maximum atomic E-state index is 11.1. The number of hydrogen-bond acceptors (Lipinski definition) is 3. The monoisotopic (exact) mass is 334 g/mol. The summed E-state index contributed by atoms with van der Waals surface area (Å²) in [4.78, 5) is 21.8. The van der Waals surface area contributed by atoms with Gasteiger partial charge in [0.15, 0.2) is 0 Å². The van der Waals surface area contributed by atoms with Crippen LogP contribution in [0.25, 0.3) is 11.0 Å². The summed E-state index contributed by atoms with van der Waals surface area (Å²) < 4.78 is 0. The van der Waals surface area contributed by atoms with Crippen molar-refractivity contribution in [1.82, 2.24) is 14.9 Å². The zero-order chi connectivity index (χ0) is 17.2. The molecule has 1 unspecified atom stereocenters. The molecule has 0 saturated carbocycles. The fraction of sp³-hybridized carbons (Fsp3) is 0.300. The number of para-hydroxylation sites is 2. The molecule has 2 heterocycles. The number of likely N-dealkylation sites (tertiary alicyclic amines) is 1. The molecule has 2 N–H and O–H groups in total. The first kappa shape index (κ1) is 15.8. The van der Waals surface area contributed by atoms with Crippen molar-refractivity contribution < 1.29 is 4.79 Å². The lowest BCUT2D eigenvalue weighted by Crippen LogP contribution is -2.20. The van der Waals surface area contributed by atoms with E-state index >= 15 is 0 Å². The first-order valence-electron chi connectivity index (χ1n) is 8.71. The number of nitrogens with zero attached hydrogens (tertiary/aromatic N) is 2. The Kier molecular flexibility index (Phi) is 4.24. The molecule has 1 aromatic heterocycles. The van der Waals surface area contributed by atoms with E-state index in [0.717, 1.165) is 48.6 Å².